The van der Waals surface area contributed by atoms with E-state index in [1.807, 2.05) is 13.0 Å². The number of rotatable bonds is 7. The maximum atomic E-state index is 11.2. The molecule has 0 bridgehead atoms. The van der Waals surface area contributed by atoms with Crippen LogP contribution in [0.2, 0.25) is 0 Å². The fourth-order valence-corrected chi connectivity index (χ4v) is 0.961. The van der Waals surface area contributed by atoms with E-state index in [1.165, 1.54) is 6.42 Å². The van der Waals surface area contributed by atoms with Crippen LogP contribution in [0.1, 0.15) is 46.0 Å². The topological polar surface area (TPSA) is 17.1 Å². The van der Waals surface area contributed by atoms with Gasteiger partial charge in [-0.25, -0.2) is 0 Å². The molecule has 0 saturated carbocycles. The summed E-state index contributed by atoms with van der Waals surface area (Å²) in [5.74, 6) is 0.225. The minimum absolute atomic E-state index is 0.225. The van der Waals surface area contributed by atoms with Gasteiger partial charge in [0, 0.05) is 6.42 Å². The molecule has 13 heavy (non-hydrogen) atoms. The molecule has 0 aromatic heterocycles. The van der Waals surface area contributed by atoms with Gasteiger partial charge in [-0.05, 0) is 18.9 Å². The monoisotopic (exact) mass is 180 g/mol. The van der Waals surface area contributed by atoms with Crippen LogP contribution in [-0.4, -0.2) is 5.78 Å². The van der Waals surface area contributed by atoms with Gasteiger partial charge in [-0.1, -0.05) is 44.9 Å². The standard InChI is InChI=1S/C12H20O/c1-4-6-7-8-12(13)10-9-11(3)5-2/h9-10H,3-8H2,1-2H3/b10-9+. The summed E-state index contributed by atoms with van der Waals surface area (Å²) in [6.45, 7) is 7.98. The number of hydrogen-bond donors (Lipinski definition) is 0. The first kappa shape index (κ1) is 12.2. The molecule has 0 atom stereocenters. The Bertz CT molecular complexity index is 189. The van der Waals surface area contributed by atoms with Crippen molar-refractivity contribution in [1.29, 1.82) is 0 Å². The van der Waals surface area contributed by atoms with Crippen molar-refractivity contribution in [3.8, 4) is 0 Å². The van der Waals surface area contributed by atoms with E-state index in [9.17, 15) is 4.79 Å². The molecule has 0 amide bonds. The molecule has 1 heteroatoms. The second-order valence-electron chi connectivity index (χ2n) is 3.27. The lowest BCUT2D eigenvalue weighted by Crippen LogP contribution is -1.92. The van der Waals surface area contributed by atoms with Crippen LogP contribution >= 0.6 is 0 Å². The van der Waals surface area contributed by atoms with Crippen molar-refractivity contribution in [3.05, 3.63) is 24.3 Å². The average Bonchev–Trinajstić information content (AvgIpc) is 2.14. The van der Waals surface area contributed by atoms with Crippen LogP contribution in [0.25, 0.3) is 0 Å². The molecule has 0 aromatic rings. The summed E-state index contributed by atoms with van der Waals surface area (Å²) in [5, 5.41) is 0. The lowest BCUT2D eigenvalue weighted by atomic mass is 10.1. The van der Waals surface area contributed by atoms with Gasteiger partial charge in [0.15, 0.2) is 5.78 Å². The van der Waals surface area contributed by atoms with Gasteiger partial charge in [0.25, 0.3) is 0 Å². The molecule has 0 aliphatic carbocycles. The molecule has 0 radical (unpaired) electrons. The minimum atomic E-state index is 0.225. The van der Waals surface area contributed by atoms with E-state index in [4.69, 9.17) is 0 Å². The smallest absolute Gasteiger partial charge is 0.155 e. The van der Waals surface area contributed by atoms with Crippen LogP contribution < -0.4 is 0 Å². The highest BCUT2D eigenvalue weighted by atomic mass is 16.1. The van der Waals surface area contributed by atoms with Crippen molar-refractivity contribution in [2.75, 3.05) is 0 Å². The molecule has 0 unspecified atom stereocenters. The number of allylic oxidation sites excluding steroid dienone is 3. The van der Waals surface area contributed by atoms with Gasteiger partial charge >= 0.3 is 0 Å². The van der Waals surface area contributed by atoms with Crippen LogP contribution in [-0.2, 0) is 4.79 Å². The molecule has 0 saturated heterocycles. The molecular formula is C12H20O. The predicted octanol–water partition coefficient (Wildman–Crippen LogP) is 3.66. The third-order valence-corrected chi connectivity index (χ3v) is 1.99. The SMILES string of the molecule is C=C(/C=C/C(=O)CCCCC)CC. The van der Waals surface area contributed by atoms with Gasteiger partial charge in [-0.2, -0.15) is 0 Å². The Balaban J connectivity index is 3.61. The summed E-state index contributed by atoms with van der Waals surface area (Å²) in [6.07, 6.45) is 8.40. The third kappa shape index (κ3) is 7.51. The number of hydrogen-bond acceptors (Lipinski definition) is 1. The number of unbranched alkanes of at least 4 members (excludes halogenated alkanes) is 2. The van der Waals surface area contributed by atoms with Crippen molar-refractivity contribution in [2.45, 2.75) is 46.0 Å². The zero-order chi connectivity index (χ0) is 10.1. The van der Waals surface area contributed by atoms with E-state index in [-0.39, 0.29) is 5.78 Å². The maximum Gasteiger partial charge on any atom is 0.155 e. The summed E-state index contributed by atoms with van der Waals surface area (Å²) in [7, 11) is 0. The van der Waals surface area contributed by atoms with Gasteiger partial charge < -0.3 is 0 Å². The fourth-order valence-electron chi connectivity index (χ4n) is 0.961. The molecule has 0 heterocycles. The van der Waals surface area contributed by atoms with Gasteiger partial charge in [0.2, 0.25) is 0 Å². The Morgan fingerprint density at radius 1 is 1.23 bits per heavy atom. The predicted molar refractivity (Wildman–Crippen MR) is 57.7 cm³/mol. The summed E-state index contributed by atoms with van der Waals surface area (Å²) >= 11 is 0. The molecule has 0 spiro atoms. The second-order valence-corrected chi connectivity index (χ2v) is 3.27. The van der Waals surface area contributed by atoms with Crippen LogP contribution in [0, 0.1) is 0 Å². The number of carbonyl (C=O) groups excluding carboxylic acids is 1. The molecule has 74 valence electrons. The van der Waals surface area contributed by atoms with Crippen molar-refractivity contribution >= 4 is 5.78 Å². The lowest BCUT2D eigenvalue weighted by molar-refractivity contribution is -0.114. The Morgan fingerprint density at radius 3 is 2.46 bits per heavy atom. The van der Waals surface area contributed by atoms with E-state index in [0.717, 1.165) is 24.8 Å². The molecular weight excluding hydrogens is 160 g/mol. The molecule has 0 N–H and O–H groups in total. The summed E-state index contributed by atoms with van der Waals surface area (Å²) in [6, 6.07) is 0. The van der Waals surface area contributed by atoms with E-state index in [2.05, 4.69) is 13.5 Å². The van der Waals surface area contributed by atoms with Crippen molar-refractivity contribution < 1.29 is 4.79 Å². The first-order valence-corrected chi connectivity index (χ1v) is 5.09. The molecule has 0 aliphatic rings. The Labute approximate surface area is 81.5 Å². The Morgan fingerprint density at radius 2 is 1.92 bits per heavy atom. The second kappa shape index (κ2) is 7.78. The molecule has 0 rings (SSSR count). The van der Waals surface area contributed by atoms with Crippen LogP contribution in [0.15, 0.2) is 24.3 Å². The number of ketones is 1. The lowest BCUT2D eigenvalue weighted by Gasteiger charge is -1.94. The minimum Gasteiger partial charge on any atom is -0.295 e. The highest BCUT2D eigenvalue weighted by Gasteiger charge is 1.95. The van der Waals surface area contributed by atoms with Crippen LogP contribution in [0.3, 0.4) is 0 Å². The van der Waals surface area contributed by atoms with Gasteiger partial charge in [0.1, 0.15) is 0 Å². The maximum absolute atomic E-state index is 11.2. The highest BCUT2D eigenvalue weighted by molar-refractivity contribution is 5.89. The third-order valence-electron chi connectivity index (χ3n) is 1.99. The fraction of sp³-hybridized carbons (Fsp3) is 0.583. The summed E-state index contributed by atoms with van der Waals surface area (Å²) in [5.41, 5.74) is 1.02. The van der Waals surface area contributed by atoms with E-state index in [0.29, 0.717) is 6.42 Å². The largest absolute Gasteiger partial charge is 0.295 e. The van der Waals surface area contributed by atoms with Crippen LogP contribution in [0.5, 0.6) is 0 Å². The van der Waals surface area contributed by atoms with Crippen molar-refractivity contribution in [3.63, 3.8) is 0 Å². The Hall–Kier alpha value is -0.850. The first-order chi connectivity index (χ1) is 6.20. The molecule has 1 nitrogen and oxygen atoms in total. The summed E-state index contributed by atoms with van der Waals surface area (Å²) in [4.78, 5) is 11.2. The molecule has 0 aromatic carbocycles. The zero-order valence-electron chi connectivity index (χ0n) is 8.81. The highest BCUT2D eigenvalue weighted by Crippen LogP contribution is 2.02. The van der Waals surface area contributed by atoms with Crippen molar-refractivity contribution in [2.24, 2.45) is 0 Å². The van der Waals surface area contributed by atoms with Crippen LogP contribution in [0.4, 0.5) is 0 Å². The normalized spacial score (nSPS) is 10.6. The van der Waals surface area contributed by atoms with E-state index in [1.54, 1.807) is 6.08 Å². The van der Waals surface area contributed by atoms with E-state index < -0.39 is 0 Å². The summed E-state index contributed by atoms with van der Waals surface area (Å²) < 4.78 is 0. The average molecular weight is 180 g/mol. The first-order valence-electron chi connectivity index (χ1n) is 5.09. The van der Waals surface area contributed by atoms with Gasteiger partial charge in [0.05, 0.1) is 0 Å². The van der Waals surface area contributed by atoms with Gasteiger partial charge in [-0.15, -0.1) is 0 Å². The number of carbonyl (C=O) groups is 1. The molecule has 0 aliphatic heterocycles. The quantitative estimate of drug-likeness (QED) is 0.332. The van der Waals surface area contributed by atoms with E-state index >= 15 is 0 Å². The Kier molecular flexibility index (Phi) is 7.27. The molecule has 0 fully saturated rings. The van der Waals surface area contributed by atoms with Crippen molar-refractivity contribution in [1.82, 2.24) is 0 Å². The zero-order valence-corrected chi connectivity index (χ0v) is 8.81. The van der Waals surface area contributed by atoms with Gasteiger partial charge in [-0.3, -0.25) is 4.79 Å².